The Hall–Kier alpha value is -1.78. The molecular formula is C11H13NO4. The number of hydrogen-bond donors (Lipinski definition) is 0. The Morgan fingerprint density at radius 3 is 3.25 bits per heavy atom. The third kappa shape index (κ3) is 2.08. The molecule has 0 aliphatic carbocycles. The molecule has 2 aliphatic heterocycles. The average molecular weight is 223 g/mol. The summed E-state index contributed by atoms with van der Waals surface area (Å²) in [6.45, 7) is 2.99. The number of carbonyl (C=O) groups is 2. The third-order valence-electron chi connectivity index (χ3n) is 2.48. The molecule has 0 aromatic carbocycles. The summed E-state index contributed by atoms with van der Waals surface area (Å²) in [6, 6.07) is 0. The lowest BCUT2D eigenvalue weighted by molar-refractivity contribution is -0.137. The molecule has 0 aromatic rings. The fraction of sp³-hybridized carbons (Fsp3) is 0.455. The van der Waals surface area contributed by atoms with E-state index < -0.39 is 0 Å². The van der Waals surface area contributed by atoms with Crippen LogP contribution in [0.4, 0.5) is 4.79 Å². The molecule has 0 aromatic heterocycles. The Bertz CT molecular complexity index is 383. The summed E-state index contributed by atoms with van der Waals surface area (Å²) in [6.07, 6.45) is 3.63. The SMILES string of the molecule is CCOC(=O)C=C1C=C2COC(=O)N2CC1. The van der Waals surface area contributed by atoms with Gasteiger partial charge in [0.2, 0.25) is 0 Å². The van der Waals surface area contributed by atoms with E-state index in [4.69, 9.17) is 9.47 Å². The van der Waals surface area contributed by atoms with E-state index in [9.17, 15) is 9.59 Å². The molecule has 1 saturated heterocycles. The lowest BCUT2D eigenvalue weighted by Crippen LogP contribution is -2.27. The molecule has 16 heavy (non-hydrogen) atoms. The minimum atomic E-state index is -0.340. The second-order valence-corrected chi connectivity index (χ2v) is 3.56. The van der Waals surface area contributed by atoms with Crippen LogP contribution >= 0.6 is 0 Å². The second-order valence-electron chi connectivity index (χ2n) is 3.56. The monoisotopic (exact) mass is 223 g/mol. The Labute approximate surface area is 93.3 Å². The van der Waals surface area contributed by atoms with Gasteiger partial charge in [-0.1, -0.05) is 0 Å². The van der Waals surface area contributed by atoms with Crippen LogP contribution in [0.5, 0.6) is 0 Å². The molecule has 0 bridgehead atoms. The fourth-order valence-electron chi connectivity index (χ4n) is 1.74. The summed E-state index contributed by atoms with van der Waals surface area (Å²) in [5.74, 6) is -0.340. The maximum Gasteiger partial charge on any atom is 0.414 e. The molecule has 1 amide bonds. The van der Waals surface area contributed by atoms with Gasteiger partial charge in [-0.2, -0.15) is 0 Å². The van der Waals surface area contributed by atoms with Gasteiger partial charge in [0.15, 0.2) is 0 Å². The van der Waals surface area contributed by atoms with Crippen LogP contribution in [-0.4, -0.2) is 36.7 Å². The first kappa shape index (κ1) is 10.7. The molecule has 0 spiro atoms. The zero-order valence-electron chi connectivity index (χ0n) is 9.06. The van der Waals surface area contributed by atoms with Crippen molar-refractivity contribution in [2.45, 2.75) is 13.3 Å². The highest BCUT2D eigenvalue weighted by Crippen LogP contribution is 2.24. The topological polar surface area (TPSA) is 55.8 Å². The highest BCUT2D eigenvalue weighted by Gasteiger charge is 2.30. The van der Waals surface area contributed by atoms with Crippen LogP contribution in [0.25, 0.3) is 0 Å². The third-order valence-corrected chi connectivity index (χ3v) is 2.48. The first-order valence-corrected chi connectivity index (χ1v) is 5.23. The molecule has 0 N–H and O–H groups in total. The molecule has 2 heterocycles. The lowest BCUT2D eigenvalue weighted by atomic mass is 10.1. The predicted octanol–water partition coefficient (Wildman–Crippen LogP) is 1.22. The van der Waals surface area contributed by atoms with Crippen LogP contribution in [0.1, 0.15) is 13.3 Å². The summed E-state index contributed by atoms with van der Waals surface area (Å²) in [5.41, 5.74) is 1.69. The van der Waals surface area contributed by atoms with Gasteiger partial charge in [0.05, 0.1) is 12.3 Å². The second kappa shape index (κ2) is 4.38. The van der Waals surface area contributed by atoms with Gasteiger partial charge >= 0.3 is 12.1 Å². The average Bonchev–Trinajstić information content (AvgIpc) is 2.60. The summed E-state index contributed by atoms with van der Waals surface area (Å²) in [5, 5.41) is 0. The van der Waals surface area contributed by atoms with Crippen LogP contribution in [0.15, 0.2) is 23.4 Å². The Morgan fingerprint density at radius 2 is 2.50 bits per heavy atom. The number of amides is 1. The van der Waals surface area contributed by atoms with Crippen molar-refractivity contribution >= 4 is 12.1 Å². The van der Waals surface area contributed by atoms with Crippen molar-refractivity contribution < 1.29 is 19.1 Å². The molecule has 0 saturated carbocycles. The highest BCUT2D eigenvalue weighted by molar-refractivity contribution is 5.83. The van der Waals surface area contributed by atoms with Crippen molar-refractivity contribution in [2.75, 3.05) is 19.8 Å². The largest absolute Gasteiger partial charge is 0.463 e. The van der Waals surface area contributed by atoms with Gasteiger partial charge in [-0.25, -0.2) is 9.59 Å². The molecule has 5 nitrogen and oxygen atoms in total. The van der Waals surface area contributed by atoms with Crippen molar-refractivity contribution in [3.8, 4) is 0 Å². The number of ether oxygens (including phenoxy) is 2. The molecule has 5 heteroatoms. The normalized spacial score (nSPS) is 21.6. The smallest absolute Gasteiger partial charge is 0.414 e. The van der Waals surface area contributed by atoms with Gasteiger partial charge in [-0.15, -0.1) is 0 Å². The first-order valence-electron chi connectivity index (χ1n) is 5.23. The van der Waals surface area contributed by atoms with Gasteiger partial charge < -0.3 is 9.47 Å². The molecular weight excluding hydrogens is 210 g/mol. The van der Waals surface area contributed by atoms with E-state index in [1.165, 1.54) is 6.08 Å². The number of carbonyl (C=O) groups excluding carboxylic acids is 2. The summed E-state index contributed by atoms with van der Waals surface area (Å²) in [4.78, 5) is 24.0. The quantitative estimate of drug-likeness (QED) is 0.521. The van der Waals surface area contributed by atoms with E-state index in [1.807, 2.05) is 6.08 Å². The van der Waals surface area contributed by atoms with Crippen molar-refractivity contribution in [3.63, 3.8) is 0 Å². The minimum Gasteiger partial charge on any atom is -0.463 e. The maximum atomic E-state index is 11.2. The predicted molar refractivity (Wildman–Crippen MR) is 55.5 cm³/mol. The van der Waals surface area contributed by atoms with Crippen molar-refractivity contribution in [3.05, 3.63) is 23.4 Å². The molecule has 2 rings (SSSR count). The molecule has 86 valence electrons. The van der Waals surface area contributed by atoms with Crippen molar-refractivity contribution in [1.82, 2.24) is 4.90 Å². The van der Waals surface area contributed by atoms with Gasteiger partial charge in [0, 0.05) is 12.6 Å². The minimum absolute atomic E-state index is 0.291. The zero-order chi connectivity index (χ0) is 11.5. The van der Waals surface area contributed by atoms with Gasteiger partial charge in [-0.3, -0.25) is 4.90 Å². The van der Waals surface area contributed by atoms with Gasteiger partial charge in [-0.05, 0) is 25.0 Å². The standard InChI is InChI=1S/C11H13NO4/c1-2-15-10(13)6-8-3-4-12-9(5-8)7-16-11(12)14/h5-6H,2-4,7H2,1H3. The van der Waals surface area contributed by atoms with Crippen LogP contribution < -0.4 is 0 Å². The van der Waals surface area contributed by atoms with Crippen molar-refractivity contribution in [1.29, 1.82) is 0 Å². The Kier molecular flexibility index (Phi) is 2.94. The number of hydrogen-bond acceptors (Lipinski definition) is 4. The highest BCUT2D eigenvalue weighted by atomic mass is 16.6. The van der Waals surface area contributed by atoms with E-state index >= 15 is 0 Å². The van der Waals surface area contributed by atoms with Crippen LogP contribution in [0.3, 0.4) is 0 Å². The molecule has 0 unspecified atom stereocenters. The Balaban J connectivity index is 2.10. The summed E-state index contributed by atoms with van der Waals surface area (Å²) in [7, 11) is 0. The van der Waals surface area contributed by atoms with E-state index in [0.717, 1.165) is 11.3 Å². The van der Waals surface area contributed by atoms with E-state index in [-0.39, 0.29) is 12.1 Å². The molecule has 1 fully saturated rings. The maximum absolute atomic E-state index is 11.2. The molecule has 0 radical (unpaired) electrons. The van der Waals surface area contributed by atoms with Crippen LogP contribution in [0, 0.1) is 0 Å². The lowest BCUT2D eigenvalue weighted by Gasteiger charge is -2.20. The summed E-state index contributed by atoms with van der Waals surface area (Å²) < 4.78 is 9.70. The molecule has 0 atom stereocenters. The molecule has 2 aliphatic rings. The summed E-state index contributed by atoms with van der Waals surface area (Å²) >= 11 is 0. The van der Waals surface area contributed by atoms with Crippen LogP contribution in [-0.2, 0) is 14.3 Å². The van der Waals surface area contributed by atoms with Crippen molar-refractivity contribution in [2.24, 2.45) is 0 Å². The van der Waals surface area contributed by atoms with Crippen LogP contribution in [0.2, 0.25) is 0 Å². The number of allylic oxidation sites excluding steroid dienone is 1. The Morgan fingerprint density at radius 1 is 1.69 bits per heavy atom. The van der Waals surface area contributed by atoms with E-state index in [0.29, 0.717) is 26.2 Å². The fourth-order valence-corrected chi connectivity index (χ4v) is 1.74. The van der Waals surface area contributed by atoms with E-state index in [1.54, 1.807) is 11.8 Å². The zero-order valence-corrected chi connectivity index (χ0v) is 9.06. The number of rotatable bonds is 2. The number of esters is 1. The van der Waals surface area contributed by atoms with Gasteiger partial charge in [0.1, 0.15) is 6.61 Å². The first-order chi connectivity index (χ1) is 7.70. The number of nitrogens with zero attached hydrogens (tertiary/aromatic N) is 1. The number of cyclic esters (lactones) is 1. The van der Waals surface area contributed by atoms with E-state index in [2.05, 4.69) is 0 Å². The number of fused-ring (bicyclic) bond motifs is 1. The van der Waals surface area contributed by atoms with Gasteiger partial charge in [0.25, 0.3) is 0 Å².